The van der Waals surface area contributed by atoms with Gasteiger partial charge in [0.15, 0.2) is 0 Å². The molecular weight excluding hydrogens is 310 g/mol. The Labute approximate surface area is 117 Å². The second-order valence-electron chi connectivity index (χ2n) is 3.67. The zero-order valence-electron chi connectivity index (χ0n) is 9.59. The van der Waals surface area contributed by atoms with Gasteiger partial charge in [0.1, 0.15) is 5.82 Å². The van der Waals surface area contributed by atoms with Crippen molar-refractivity contribution in [3.8, 4) is 6.07 Å². The largest absolute Gasteiger partial charge is 0.478 e. The van der Waals surface area contributed by atoms with Crippen molar-refractivity contribution in [1.29, 1.82) is 5.26 Å². The first-order valence-electron chi connectivity index (χ1n) is 5.26. The first-order valence-corrected chi connectivity index (χ1v) is 6.05. The van der Waals surface area contributed by atoms with Crippen LogP contribution >= 0.6 is 15.9 Å². The van der Waals surface area contributed by atoms with E-state index in [0.717, 1.165) is 0 Å². The maximum atomic E-state index is 10.9. The molecule has 2 rings (SSSR count). The fourth-order valence-electron chi connectivity index (χ4n) is 1.46. The number of aromatic carboxylic acids is 1. The Bertz CT molecular complexity index is 680. The quantitative estimate of drug-likeness (QED) is 0.908. The van der Waals surface area contributed by atoms with E-state index in [1.54, 1.807) is 18.2 Å². The van der Waals surface area contributed by atoms with E-state index in [9.17, 15) is 4.79 Å². The van der Waals surface area contributed by atoms with Gasteiger partial charge in [0.05, 0.1) is 22.9 Å². The van der Waals surface area contributed by atoms with Crippen LogP contribution in [0, 0.1) is 11.3 Å². The van der Waals surface area contributed by atoms with Crippen molar-refractivity contribution in [1.82, 2.24) is 4.98 Å². The van der Waals surface area contributed by atoms with Gasteiger partial charge in [-0.15, -0.1) is 0 Å². The zero-order valence-corrected chi connectivity index (χ0v) is 11.2. The van der Waals surface area contributed by atoms with Crippen LogP contribution in [0.25, 0.3) is 0 Å². The third-order valence-corrected chi connectivity index (χ3v) is 3.02. The van der Waals surface area contributed by atoms with Crippen molar-refractivity contribution >= 4 is 33.4 Å². The first kappa shape index (κ1) is 13.1. The van der Waals surface area contributed by atoms with E-state index in [2.05, 4.69) is 26.2 Å². The van der Waals surface area contributed by atoms with Crippen LogP contribution in [-0.4, -0.2) is 16.1 Å². The number of pyridine rings is 1. The Balaban J connectivity index is 2.29. The Morgan fingerprint density at radius 2 is 2.16 bits per heavy atom. The van der Waals surface area contributed by atoms with Gasteiger partial charge >= 0.3 is 5.97 Å². The normalized spacial score (nSPS) is 9.68. The summed E-state index contributed by atoms with van der Waals surface area (Å²) in [5.74, 6) is -0.588. The molecule has 0 aliphatic heterocycles. The molecule has 2 N–H and O–H groups in total. The van der Waals surface area contributed by atoms with Crippen LogP contribution in [0.1, 0.15) is 15.9 Å². The number of hydrogen-bond donors (Lipinski definition) is 2. The zero-order chi connectivity index (χ0) is 13.8. The van der Waals surface area contributed by atoms with Crippen LogP contribution in [0.4, 0.5) is 11.5 Å². The predicted molar refractivity (Wildman–Crippen MR) is 73.3 cm³/mol. The molecule has 0 bridgehead atoms. The van der Waals surface area contributed by atoms with E-state index in [1.807, 2.05) is 6.07 Å². The Hall–Kier alpha value is -2.39. The molecule has 0 amide bonds. The summed E-state index contributed by atoms with van der Waals surface area (Å²) in [6.07, 6.45) is 1.42. The lowest BCUT2D eigenvalue weighted by molar-refractivity contribution is 0.0697. The van der Waals surface area contributed by atoms with Crippen molar-refractivity contribution in [2.45, 2.75) is 0 Å². The van der Waals surface area contributed by atoms with E-state index < -0.39 is 5.97 Å². The lowest BCUT2D eigenvalue weighted by atomic mass is 10.2. The highest BCUT2D eigenvalue weighted by atomic mass is 79.9. The van der Waals surface area contributed by atoms with Gasteiger partial charge in [0, 0.05) is 10.7 Å². The molecule has 1 heterocycles. The highest BCUT2D eigenvalue weighted by Crippen LogP contribution is 2.26. The topological polar surface area (TPSA) is 86.0 Å². The molecule has 1 aromatic carbocycles. The lowest BCUT2D eigenvalue weighted by Gasteiger charge is -2.08. The number of carboxylic acids is 1. The van der Waals surface area contributed by atoms with Gasteiger partial charge in [-0.2, -0.15) is 5.26 Å². The second kappa shape index (κ2) is 5.50. The summed E-state index contributed by atoms with van der Waals surface area (Å²) in [6.45, 7) is 0. The van der Waals surface area contributed by atoms with E-state index in [-0.39, 0.29) is 5.56 Å². The molecule has 0 saturated carbocycles. The number of hydrogen-bond acceptors (Lipinski definition) is 4. The van der Waals surface area contributed by atoms with Crippen LogP contribution in [0.15, 0.2) is 41.0 Å². The smallest absolute Gasteiger partial charge is 0.335 e. The highest BCUT2D eigenvalue weighted by Gasteiger charge is 2.06. The first-order chi connectivity index (χ1) is 9.10. The molecule has 2 aromatic rings. The summed E-state index contributed by atoms with van der Waals surface area (Å²) in [4.78, 5) is 14.9. The molecule has 0 spiro atoms. The Morgan fingerprint density at radius 3 is 2.79 bits per heavy atom. The van der Waals surface area contributed by atoms with Crippen LogP contribution < -0.4 is 5.32 Å². The van der Waals surface area contributed by atoms with Crippen LogP contribution in [0.2, 0.25) is 0 Å². The standard InChI is InChI=1S/C13H8BrN3O2/c14-10-5-8(7-15)1-2-11(10)17-12-6-9(13(18)19)3-4-16-12/h1-6H,(H,16,17)(H,18,19). The number of halogens is 1. The number of aromatic nitrogens is 1. The number of carbonyl (C=O) groups is 1. The Kier molecular flexibility index (Phi) is 3.78. The number of nitriles is 1. The molecule has 6 heteroatoms. The van der Waals surface area contributed by atoms with Crippen molar-refractivity contribution in [3.63, 3.8) is 0 Å². The number of nitrogens with zero attached hydrogens (tertiary/aromatic N) is 2. The molecule has 0 radical (unpaired) electrons. The van der Waals surface area contributed by atoms with Crippen molar-refractivity contribution < 1.29 is 9.90 Å². The number of carboxylic acid groups (broad SMARTS) is 1. The lowest BCUT2D eigenvalue weighted by Crippen LogP contribution is -2.00. The average molecular weight is 318 g/mol. The molecule has 19 heavy (non-hydrogen) atoms. The molecule has 0 aliphatic carbocycles. The van der Waals surface area contributed by atoms with Gasteiger partial charge in [-0.1, -0.05) is 0 Å². The molecule has 0 aliphatic rings. The Morgan fingerprint density at radius 1 is 1.37 bits per heavy atom. The fraction of sp³-hybridized carbons (Fsp3) is 0. The third-order valence-electron chi connectivity index (χ3n) is 2.37. The summed E-state index contributed by atoms with van der Waals surface area (Å²) in [6, 6.07) is 9.94. The summed E-state index contributed by atoms with van der Waals surface area (Å²) in [7, 11) is 0. The van der Waals surface area contributed by atoms with E-state index in [4.69, 9.17) is 10.4 Å². The van der Waals surface area contributed by atoms with Gasteiger partial charge < -0.3 is 10.4 Å². The second-order valence-corrected chi connectivity index (χ2v) is 4.52. The van der Waals surface area contributed by atoms with E-state index >= 15 is 0 Å². The molecule has 0 saturated heterocycles. The summed E-state index contributed by atoms with van der Waals surface area (Å²) in [5.41, 5.74) is 1.39. The molecular formula is C13H8BrN3O2. The maximum Gasteiger partial charge on any atom is 0.335 e. The summed E-state index contributed by atoms with van der Waals surface area (Å²) in [5, 5.41) is 20.7. The monoisotopic (exact) mass is 317 g/mol. The van der Waals surface area contributed by atoms with E-state index in [0.29, 0.717) is 21.5 Å². The fourth-order valence-corrected chi connectivity index (χ4v) is 1.93. The number of nitrogens with one attached hydrogen (secondary N) is 1. The van der Waals surface area contributed by atoms with Gasteiger partial charge in [-0.25, -0.2) is 9.78 Å². The minimum Gasteiger partial charge on any atom is -0.478 e. The van der Waals surface area contributed by atoms with E-state index in [1.165, 1.54) is 18.3 Å². The van der Waals surface area contributed by atoms with Crippen LogP contribution in [-0.2, 0) is 0 Å². The molecule has 0 fully saturated rings. The summed E-state index contributed by atoms with van der Waals surface area (Å²) >= 11 is 3.34. The number of anilines is 2. The number of benzene rings is 1. The average Bonchev–Trinajstić information content (AvgIpc) is 2.41. The minimum absolute atomic E-state index is 0.155. The third kappa shape index (κ3) is 3.09. The molecule has 1 aromatic heterocycles. The molecule has 5 nitrogen and oxygen atoms in total. The maximum absolute atomic E-state index is 10.9. The van der Waals surface area contributed by atoms with Gasteiger partial charge in [-0.05, 0) is 46.3 Å². The number of rotatable bonds is 3. The molecule has 0 unspecified atom stereocenters. The van der Waals surface area contributed by atoms with Crippen molar-refractivity contribution in [3.05, 3.63) is 52.1 Å². The van der Waals surface area contributed by atoms with Crippen LogP contribution in [0.3, 0.4) is 0 Å². The van der Waals surface area contributed by atoms with Crippen LogP contribution in [0.5, 0.6) is 0 Å². The predicted octanol–water partition coefficient (Wildman–Crippen LogP) is 3.16. The van der Waals surface area contributed by atoms with Gasteiger partial charge in [-0.3, -0.25) is 0 Å². The highest BCUT2D eigenvalue weighted by molar-refractivity contribution is 9.10. The minimum atomic E-state index is -1.01. The molecule has 94 valence electrons. The van der Waals surface area contributed by atoms with Crippen molar-refractivity contribution in [2.24, 2.45) is 0 Å². The van der Waals surface area contributed by atoms with Crippen molar-refractivity contribution in [2.75, 3.05) is 5.32 Å². The van der Waals surface area contributed by atoms with Gasteiger partial charge in [0.25, 0.3) is 0 Å². The summed E-state index contributed by atoms with van der Waals surface area (Å²) < 4.78 is 0.703. The molecule has 0 atom stereocenters. The SMILES string of the molecule is N#Cc1ccc(Nc2cc(C(=O)O)ccn2)c(Br)c1. The van der Waals surface area contributed by atoms with Gasteiger partial charge in [0.2, 0.25) is 0 Å².